The van der Waals surface area contributed by atoms with E-state index in [0.717, 1.165) is 6.42 Å². The number of nitrogens with zero attached hydrogens (tertiary/aromatic N) is 1. The average Bonchev–Trinajstić information content (AvgIpc) is 3.09. The summed E-state index contributed by atoms with van der Waals surface area (Å²) in [6, 6.07) is 0.150. The van der Waals surface area contributed by atoms with Crippen LogP contribution in [0.3, 0.4) is 0 Å². The molecular weight excluding hydrogens is 447 g/mol. The van der Waals surface area contributed by atoms with E-state index in [9.17, 15) is 13.6 Å². The zero-order valence-electron chi connectivity index (χ0n) is 17.6. The molecule has 0 spiro atoms. The summed E-state index contributed by atoms with van der Waals surface area (Å²) in [5, 5.41) is 5.28. The van der Waals surface area contributed by atoms with Crippen molar-refractivity contribution in [2.75, 3.05) is 0 Å². The van der Waals surface area contributed by atoms with Gasteiger partial charge in [0.15, 0.2) is 5.96 Å². The van der Waals surface area contributed by atoms with Crippen LogP contribution < -0.4 is 21.5 Å². The van der Waals surface area contributed by atoms with Crippen molar-refractivity contribution in [2.45, 2.75) is 106 Å². The first-order valence-electron chi connectivity index (χ1n) is 11.6. The Morgan fingerprint density at radius 3 is 2.45 bits per heavy atom. The fourth-order valence-corrected chi connectivity index (χ4v) is 5.73. The summed E-state index contributed by atoms with van der Waals surface area (Å²) in [4.78, 5) is 17.5. The molecule has 1 heterocycles. The third-order valence-electron chi connectivity index (χ3n) is 7.15. The van der Waals surface area contributed by atoms with Crippen LogP contribution in [0.25, 0.3) is 0 Å². The van der Waals surface area contributed by atoms with E-state index in [1.54, 1.807) is 0 Å². The summed E-state index contributed by atoms with van der Waals surface area (Å²) in [7, 11) is 0. The van der Waals surface area contributed by atoms with Gasteiger partial charge in [-0.05, 0) is 57.3 Å². The lowest BCUT2D eigenvalue weighted by atomic mass is 9.79. The number of guanidine groups is 1. The molecule has 10 heteroatoms. The highest BCUT2D eigenvalue weighted by Crippen LogP contribution is 2.33. The fraction of sp³-hybridized carbons (Fsp3) is 0.905. The number of carbonyl (C=O) groups is 1. The number of hydrogen-bond acceptors (Lipinski definition) is 4. The van der Waals surface area contributed by atoms with Gasteiger partial charge in [0.25, 0.3) is 0 Å². The molecule has 1 aliphatic heterocycles. The fourth-order valence-electron chi connectivity index (χ4n) is 5.09. The molecule has 176 valence electrons. The van der Waals surface area contributed by atoms with Gasteiger partial charge in [0.1, 0.15) is 18.5 Å². The first-order valence-corrected chi connectivity index (χ1v) is 12.5. The van der Waals surface area contributed by atoms with Gasteiger partial charge in [-0.1, -0.05) is 6.42 Å². The Kier molecular flexibility index (Phi) is 7.94. The average molecular weight is 480 g/mol. The predicted octanol–water partition coefficient (Wildman–Crippen LogP) is 3.28. The predicted molar refractivity (Wildman–Crippen MR) is 119 cm³/mol. The minimum Gasteiger partial charge on any atom is -0.353 e. The van der Waals surface area contributed by atoms with E-state index in [4.69, 9.17) is 28.2 Å². The van der Waals surface area contributed by atoms with Crippen molar-refractivity contribution in [2.24, 2.45) is 16.8 Å². The molecule has 4 aliphatic rings. The lowest BCUT2D eigenvalue weighted by Crippen LogP contribution is -2.51. The number of rotatable bonds is 4. The molecule has 1 saturated heterocycles. The van der Waals surface area contributed by atoms with Crippen LogP contribution in [0.15, 0.2) is 4.99 Å². The molecule has 8 atom stereocenters. The quantitative estimate of drug-likeness (QED) is 0.283. The summed E-state index contributed by atoms with van der Waals surface area (Å²) in [5.41, 5.74) is 6.52. The maximum absolute atomic E-state index is 14.0. The Balaban J connectivity index is 1.41. The first kappa shape index (κ1) is 23.5. The van der Waals surface area contributed by atoms with E-state index in [0.29, 0.717) is 50.0 Å². The summed E-state index contributed by atoms with van der Waals surface area (Å²) >= 11 is 12.2. The van der Waals surface area contributed by atoms with Gasteiger partial charge >= 0.3 is 0 Å². The van der Waals surface area contributed by atoms with Gasteiger partial charge < -0.3 is 5.32 Å². The van der Waals surface area contributed by atoms with Crippen molar-refractivity contribution < 1.29 is 13.6 Å². The van der Waals surface area contributed by atoms with E-state index in [1.165, 1.54) is 19.3 Å². The Morgan fingerprint density at radius 2 is 1.77 bits per heavy atom. The van der Waals surface area contributed by atoms with Gasteiger partial charge in [0.05, 0.1) is 5.38 Å². The highest BCUT2D eigenvalue weighted by Gasteiger charge is 2.36. The first-order chi connectivity index (χ1) is 14.9. The van der Waals surface area contributed by atoms with Gasteiger partial charge in [-0.25, -0.2) is 19.2 Å². The van der Waals surface area contributed by atoms with E-state index < -0.39 is 23.6 Å². The number of aliphatic imine (C=N–C) groups is 1. The Bertz CT molecular complexity index is 658. The van der Waals surface area contributed by atoms with E-state index in [1.807, 2.05) is 0 Å². The third-order valence-corrected chi connectivity index (χ3v) is 8.00. The SMILES string of the molecule is O=C(N/C(=N\C1CC(C2CCC2)NN1)NC1CC(F)CC(Cl)C1)C1CCC(Cl)C(F)C1. The molecule has 0 radical (unpaired) electrons. The zero-order chi connectivity index (χ0) is 22.0. The second-order valence-electron chi connectivity index (χ2n) is 9.59. The zero-order valence-corrected chi connectivity index (χ0v) is 19.1. The molecule has 4 fully saturated rings. The van der Waals surface area contributed by atoms with Gasteiger partial charge in [0.2, 0.25) is 5.91 Å². The highest BCUT2D eigenvalue weighted by atomic mass is 35.5. The van der Waals surface area contributed by atoms with Crippen LogP contribution in [-0.4, -0.2) is 53.2 Å². The minimum absolute atomic E-state index is 0.111. The molecule has 6 nitrogen and oxygen atoms in total. The van der Waals surface area contributed by atoms with Crippen LogP contribution in [-0.2, 0) is 4.79 Å². The number of carbonyl (C=O) groups excluding carboxylic acids is 1. The van der Waals surface area contributed by atoms with Crippen molar-refractivity contribution in [3.8, 4) is 0 Å². The lowest BCUT2D eigenvalue weighted by molar-refractivity contribution is -0.125. The van der Waals surface area contributed by atoms with Crippen molar-refractivity contribution in [1.29, 1.82) is 0 Å². The molecular formula is C21H33Cl2F2N5O. The standard InChI is InChI=1S/C21H33Cl2F2N5O/c22-13-7-14(24)9-15(8-13)26-21(27-19-10-18(29-30-19)11-2-1-3-11)28-20(31)12-4-5-16(23)17(25)6-12/h11-19,29-30H,1-10H2,(H2,26,27,28,31). The Morgan fingerprint density at radius 1 is 0.968 bits per heavy atom. The molecule has 31 heavy (non-hydrogen) atoms. The second-order valence-corrected chi connectivity index (χ2v) is 10.8. The van der Waals surface area contributed by atoms with Crippen LogP contribution in [0, 0.1) is 11.8 Å². The number of alkyl halides is 4. The maximum atomic E-state index is 14.0. The maximum Gasteiger partial charge on any atom is 0.229 e. The van der Waals surface area contributed by atoms with Crippen LogP contribution in [0.4, 0.5) is 8.78 Å². The van der Waals surface area contributed by atoms with Crippen LogP contribution >= 0.6 is 23.2 Å². The molecule has 4 rings (SSSR count). The van der Waals surface area contributed by atoms with Gasteiger partial charge in [-0.2, -0.15) is 0 Å². The van der Waals surface area contributed by atoms with E-state index >= 15 is 0 Å². The van der Waals surface area contributed by atoms with Crippen LogP contribution in [0.2, 0.25) is 0 Å². The molecule has 8 unspecified atom stereocenters. The molecule has 0 aromatic heterocycles. The van der Waals surface area contributed by atoms with Crippen LogP contribution in [0.1, 0.15) is 64.2 Å². The van der Waals surface area contributed by atoms with E-state index in [2.05, 4.69) is 21.5 Å². The Hall–Kier alpha value is -0.700. The Labute approximate surface area is 192 Å². The van der Waals surface area contributed by atoms with Crippen molar-refractivity contribution >= 4 is 35.1 Å². The van der Waals surface area contributed by atoms with Crippen molar-refractivity contribution in [3.05, 3.63) is 0 Å². The lowest BCUT2D eigenvalue weighted by Gasteiger charge is -2.31. The molecule has 3 saturated carbocycles. The highest BCUT2D eigenvalue weighted by molar-refractivity contribution is 6.21. The number of hydrazine groups is 1. The van der Waals surface area contributed by atoms with Gasteiger partial charge in [-0.15, -0.1) is 23.2 Å². The number of halogens is 4. The topological polar surface area (TPSA) is 77.5 Å². The smallest absolute Gasteiger partial charge is 0.229 e. The summed E-state index contributed by atoms with van der Waals surface area (Å²) in [5.74, 6) is 0.253. The van der Waals surface area contributed by atoms with Crippen LogP contribution in [0.5, 0.6) is 0 Å². The van der Waals surface area contributed by atoms with Gasteiger partial charge in [0, 0.05) is 29.8 Å². The van der Waals surface area contributed by atoms with Gasteiger partial charge in [-0.3, -0.25) is 15.5 Å². The van der Waals surface area contributed by atoms with Crippen molar-refractivity contribution in [3.63, 3.8) is 0 Å². The normalized spacial score (nSPS) is 42.1. The summed E-state index contributed by atoms with van der Waals surface area (Å²) in [6.07, 6.45) is 4.56. The minimum atomic E-state index is -1.19. The number of amides is 1. The number of hydrogen-bond donors (Lipinski definition) is 4. The summed E-state index contributed by atoms with van der Waals surface area (Å²) < 4.78 is 28.1. The third kappa shape index (κ3) is 6.21. The molecule has 0 aromatic rings. The molecule has 3 aliphatic carbocycles. The molecule has 0 aromatic carbocycles. The molecule has 1 amide bonds. The molecule has 4 N–H and O–H groups in total. The van der Waals surface area contributed by atoms with Crippen molar-refractivity contribution in [1.82, 2.24) is 21.5 Å². The summed E-state index contributed by atoms with van der Waals surface area (Å²) in [6.45, 7) is 0. The molecule has 0 bridgehead atoms. The number of nitrogens with one attached hydrogen (secondary N) is 4. The second kappa shape index (κ2) is 10.5. The van der Waals surface area contributed by atoms with E-state index in [-0.39, 0.29) is 29.9 Å². The monoisotopic (exact) mass is 479 g/mol. The largest absolute Gasteiger partial charge is 0.353 e.